The van der Waals surface area contributed by atoms with Gasteiger partial charge < -0.3 is 5.32 Å². The van der Waals surface area contributed by atoms with Crippen molar-refractivity contribution in [3.8, 4) is 23.6 Å². The summed E-state index contributed by atoms with van der Waals surface area (Å²) in [5.74, 6) is -1.38. The van der Waals surface area contributed by atoms with E-state index in [2.05, 4.69) is 29.6 Å². The van der Waals surface area contributed by atoms with Gasteiger partial charge in [0, 0.05) is 6.04 Å². The van der Waals surface area contributed by atoms with Gasteiger partial charge >= 0.3 is 0 Å². The molecule has 0 saturated carbocycles. The molecule has 0 amide bonds. The summed E-state index contributed by atoms with van der Waals surface area (Å²) < 4.78 is 25.3. The molecule has 0 atom stereocenters. The molecule has 1 aromatic rings. The van der Waals surface area contributed by atoms with Crippen LogP contribution in [0.2, 0.25) is 0 Å². The molecular weight excluding hydrogens is 220 g/mol. The standard InChI is InChI=1S/C8H5F2N.C6H4/c1-2-11-8-6(9)4-3-5-7(8)10;1-2-6-4-3-5(1)6/h1,3-5,11H;1-4H. The van der Waals surface area contributed by atoms with Crippen LogP contribution in [0.4, 0.5) is 14.5 Å². The van der Waals surface area contributed by atoms with Crippen LogP contribution in [0.3, 0.4) is 0 Å². The van der Waals surface area contributed by atoms with E-state index in [9.17, 15) is 8.78 Å². The number of rotatable bonds is 1. The maximum atomic E-state index is 12.6. The lowest BCUT2D eigenvalue weighted by atomic mass is 9.95. The molecule has 0 aliphatic heterocycles. The van der Waals surface area contributed by atoms with Gasteiger partial charge in [-0.25, -0.2) is 8.78 Å². The summed E-state index contributed by atoms with van der Waals surface area (Å²) in [5.41, 5.74) is 2.57. The summed E-state index contributed by atoms with van der Waals surface area (Å²) in [6.45, 7) is 0. The molecular formula is C14H9F2N. The van der Waals surface area contributed by atoms with Gasteiger partial charge in [-0.3, -0.25) is 0 Å². The molecule has 1 aromatic carbocycles. The fourth-order valence-electron chi connectivity index (χ4n) is 1.35. The molecule has 84 valence electrons. The Hall–Kier alpha value is -2.34. The van der Waals surface area contributed by atoms with Crippen LogP contribution in [0.5, 0.6) is 0 Å². The van der Waals surface area contributed by atoms with E-state index in [1.807, 2.05) is 6.04 Å². The highest BCUT2D eigenvalue weighted by Gasteiger charge is 2.05. The van der Waals surface area contributed by atoms with E-state index in [0.29, 0.717) is 0 Å². The van der Waals surface area contributed by atoms with Crippen molar-refractivity contribution < 1.29 is 8.78 Å². The predicted octanol–water partition coefficient (Wildman–Crippen LogP) is 3.63. The van der Waals surface area contributed by atoms with Gasteiger partial charge in [0.05, 0.1) is 0 Å². The van der Waals surface area contributed by atoms with E-state index in [1.54, 1.807) is 0 Å². The fourth-order valence-corrected chi connectivity index (χ4v) is 1.35. The molecule has 0 bridgehead atoms. The molecule has 0 unspecified atom stereocenters. The van der Waals surface area contributed by atoms with Gasteiger partial charge in [0.15, 0.2) is 0 Å². The van der Waals surface area contributed by atoms with E-state index in [1.165, 1.54) is 17.2 Å². The van der Waals surface area contributed by atoms with Crippen LogP contribution in [-0.2, 0) is 0 Å². The Morgan fingerprint density at radius 1 is 0.882 bits per heavy atom. The molecule has 0 aromatic heterocycles. The van der Waals surface area contributed by atoms with Gasteiger partial charge in [0.25, 0.3) is 0 Å². The third-order valence-electron chi connectivity index (χ3n) is 2.38. The quantitative estimate of drug-likeness (QED) is 0.496. The normalized spacial score (nSPS) is 9.71. The third-order valence-corrected chi connectivity index (χ3v) is 2.38. The van der Waals surface area contributed by atoms with Crippen molar-refractivity contribution in [2.24, 2.45) is 0 Å². The summed E-state index contributed by atoms with van der Waals surface area (Å²) in [6, 6.07) is 13.9. The van der Waals surface area contributed by atoms with E-state index in [-0.39, 0.29) is 5.69 Å². The lowest BCUT2D eigenvalue weighted by molar-refractivity contribution is 0.591. The average molecular weight is 229 g/mol. The van der Waals surface area contributed by atoms with Crippen molar-refractivity contribution in [1.29, 1.82) is 0 Å². The molecule has 1 N–H and O–H groups in total. The van der Waals surface area contributed by atoms with Crippen LogP contribution in [0.25, 0.3) is 11.1 Å². The number of anilines is 1. The van der Waals surface area contributed by atoms with Crippen molar-refractivity contribution >= 4 is 5.69 Å². The van der Waals surface area contributed by atoms with Gasteiger partial charge in [0.2, 0.25) is 0 Å². The maximum Gasteiger partial charge on any atom is 0.150 e. The van der Waals surface area contributed by atoms with Crippen LogP contribution in [0.15, 0.2) is 42.5 Å². The first-order valence-corrected chi connectivity index (χ1v) is 4.98. The molecule has 0 saturated heterocycles. The summed E-state index contributed by atoms with van der Waals surface area (Å²) in [5, 5.41) is 2.12. The maximum absolute atomic E-state index is 12.6. The van der Waals surface area contributed by atoms with Gasteiger partial charge in [-0.15, -0.1) is 0 Å². The Kier molecular flexibility index (Phi) is 3.06. The molecule has 0 spiro atoms. The van der Waals surface area contributed by atoms with Crippen LogP contribution >= 0.6 is 0 Å². The van der Waals surface area contributed by atoms with Crippen LogP contribution < -0.4 is 5.32 Å². The Labute approximate surface area is 98.1 Å². The zero-order valence-corrected chi connectivity index (χ0v) is 8.87. The van der Waals surface area contributed by atoms with E-state index < -0.39 is 11.6 Å². The SMILES string of the molecule is C#CNc1c(F)cccc1F.c1cc2ccc1-2. The Morgan fingerprint density at radius 2 is 1.35 bits per heavy atom. The van der Waals surface area contributed by atoms with Crippen LogP contribution in [0, 0.1) is 24.1 Å². The molecule has 2 aliphatic rings. The number of benzene rings is 2. The molecule has 0 fully saturated rings. The summed E-state index contributed by atoms with van der Waals surface area (Å²) in [6.07, 6.45) is 4.80. The lowest BCUT2D eigenvalue weighted by Crippen LogP contribution is -1.94. The smallest absolute Gasteiger partial charge is 0.150 e. The molecule has 2 aliphatic carbocycles. The molecule has 3 heteroatoms. The summed E-state index contributed by atoms with van der Waals surface area (Å²) >= 11 is 0. The minimum Gasteiger partial charge on any atom is -0.310 e. The second-order valence-corrected chi connectivity index (χ2v) is 3.44. The minimum absolute atomic E-state index is 0.282. The first-order valence-electron chi connectivity index (χ1n) is 4.98. The number of para-hydroxylation sites is 1. The topological polar surface area (TPSA) is 12.0 Å². The van der Waals surface area contributed by atoms with Crippen molar-refractivity contribution in [3.05, 3.63) is 54.1 Å². The lowest BCUT2D eigenvalue weighted by Gasteiger charge is -2.10. The first kappa shape index (κ1) is 11.2. The number of hydrogen-bond donors (Lipinski definition) is 1. The largest absolute Gasteiger partial charge is 0.310 e. The zero-order valence-electron chi connectivity index (χ0n) is 8.87. The number of fused-ring (bicyclic) bond motifs is 1. The van der Waals surface area contributed by atoms with Crippen molar-refractivity contribution in [3.63, 3.8) is 0 Å². The summed E-state index contributed by atoms with van der Waals surface area (Å²) in [7, 11) is 0. The Bertz CT molecular complexity index is 527. The first-order chi connectivity index (χ1) is 8.22. The van der Waals surface area contributed by atoms with Crippen LogP contribution in [0.1, 0.15) is 0 Å². The summed E-state index contributed by atoms with van der Waals surface area (Å²) in [4.78, 5) is 0. The average Bonchev–Trinajstić information content (AvgIpc) is 2.30. The van der Waals surface area contributed by atoms with Crippen LogP contribution in [-0.4, -0.2) is 0 Å². The number of halogens is 2. The zero-order chi connectivity index (χ0) is 12.3. The van der Waals surface area contributed by atoms with Crippen molar-refractivity contribution in [1.82, 2.24) is 0 Å². The molecule has 1 nitrogen and oxygen atoms in total. The number of terminal acetylenes is 1. The van der Waals surface area contributed by atoms with Crippen molar-refractivity contribution in [2.45, 2.75) is 0 Å². The molecule has 3 rings (SSSR count). The minimum atomic E-state index is -0.692. The van der Waals surface area contributed by atoms with Gasteiger partial charge in [0.1, 0.15) is 17.3 Å². The molecule has 17 heavy (non-hydrogen) atoms. The highest BCUT2D eigenvalue weighted by atomic mass is 19.1. The predicted molar refractivity (Wildman–Crippen MR) is 64.2 cm³/mol. The second-order valence-electron chi connectivity index (χ2n) is 3.44. The highest BCUT2D eigenvalue weighted by Crippen LogP contribution is 2.29. The monoisotopic (exact) mass is 229 g/mol. The van der Waals surface area contributed by atoms with Gasteiger partial charge in [-0.05, 0) is 23.3 Å². The van der Waals surface area contributed by atoms with E-state index in [4.69, 9.17) is 6.42 Å². The highest BCUT2D eigenvalue weighted by molar-refractivity contribution is 5.75. The van der Waals surface area contributed by atoms with Gasteiger partial charge in [-0.2, -0.15) is 0 Å². The van der Waals surface area contributed by atoms with Gasteiger partial charge in [-0.1, -0.05) is 36.8 Å². The Balaban J connectivity index is 0.000000148. The number of hydrogen-bond acceptors (Lipinski definition) is 1. The molecule has 0 heterocycles. The van der Waals surface area contributed by atoms with Crippen molar-refractivity contribution in [2.75, 3.05) is 5.32 Å². The van der Waals surface area contributed by atoms with E-state index in [0.717, 1.165) is 12.1 Å². The molecule has 0 radical (unpaired) electrons. The Morgan fingerprint density at radius 3 is 1.65 bits per heavy atom. The number of nitrogens with one attached hydrogen (secondary N) is 1. The third kappa shape index (κ3) is 2.26. The second kappa shape index (κ2) is 4.67. The fraction of sp³-hybridized carbons (Fsp3) is 0. The van der Waals surface area contributed by atoms with E-state index >= 15 is 0 Å².